The molecule has 0 spiro atoms. The first kappa shape index (κ1) is 15.1. The Morgan fingerprint density at radius 1 is 1.17 bits per heavy atom. The monoisotopic (exact) mass is 309 g/mol. The van der Waals surface area contributed by atoms with Gasteiger partial charge in [0.25, 0.3) is 5.91 Å². The number of aromatic nitrogens is 2. The van der Waals surface area contributed by atoms with Crippen molar-refractivity contribution in [1.29, 1.82) is 0 Å². The van der Waals surface area contributed by atoms with Gasteiger partial charge < -0.3 is 15.0 Å². The summed E-state index contributed by atoms with van der Waals surface area (Å²) in [7, 11) is 0. The summed E-state index contributed by atoms with van der Waals surface area (Å²) >= 11 is 0. The maximum atomic E-state index is 12.2. The number of H-pyrrole nitrogens is 1. The molecule has 0 aliphatic rings. The largest absolute Gasteiger partial charge is 0.494 e. The third kappa shape index (κ3) is 3.69. The highest BCUT2D eigenvalue weighted by atomic mass is 16.5. The van der Waals surface area contributed by atoms with Gasteiger partial charge in [-0.2, -0.15) is 0 Å². The molecule has 23 heavy (non-hydrogen) atoms. The van der Waals surface area contributed by atoms with Crippen LogP contribution in [0.3, 0.4) is 0 Å². The van der Waals surface area contributed by atoms with E-state index in [0.29, 0.717) is 18.7 Å². The molecule has 0 radical (unpaired) electrons. The molecule has 1 aromatic heterocycles. The molecular formula is C18H19N3O2. The highest BCUT2D eigenvalue weighted by Crippen LogP contribution is 2.13. The zero-order valence-electron chi connectivity index (χ0n) is 13.0. The van der Waals surface area contributed by atoms with Gasteiger partial charge in [-0.05, 0) is 42.8 Å². The molecule has 3 aromatic rings. The lowest BCUT2D eigenvalue weighted by Crippen LogP contribution is -2.23. The lowest BCUT2D eigenvalue weighted by Gasteiger charge is -2.06. The van der Waals surface area contributed by atoms with Crippen molar-refractivity contribution >= 4 is 16.9 Å². The maximum Gasteiger partial charge on any atom is 0.251 e. The van der Waals surface area contributed by atoms with Gasteiger partial charge in [-0.25, -0.2) is 4.98 Å². The van der Waals surface area contributed by atoms with E-state index in [2.05, 4.69) is 22.2 Å². The topological polar surface area (TPSA) is 67.0 Å². The maximum absolute atomic E-state index is 12.2. The summed E-state index contributed by atoms with van der Waals surface area (Å²) in [5.41, 5.74) is 2.47. The van der Waals surface area contributed by atoms with E-state index in [1.807, 2.05) is 36.4 Å². The van der Waals surface area contributed by atoms with E-state index in [1.54, 1.807) is 12.1 Å². The zero-order chi connectivity index (χ0) is 16.1. The van der Waals surface area contributed by atoms with Gasteiger partial charge >= 0.3 is 0 Å². The van der Waals surface area contributed by atoms with Crippen LogP contribution in [-0.4, -0.2) is 22.5 Å². The number of aromatic amines is 1. The summed E-state index contributed by atoms with van der Waals surface area (Å²) in [4.78, 5) is 19.8. The van der Waals surface area contributed by atoms with Crippen LogP contribution in [0.15, 0.2) is 48.5 Å². The van der Waals surface area contributed by atoms with E-state index in [0.717, 1.165) is 29.0 Å². The number of nitrogens with zero attached hydrogens (tertiary/aromatic N) is 1. The molecule has 118 valence electrons. The molecule has 3 rings (SSSR count). The smallest absolute Gasteiger partial charge is 0.251 e. The van der Waals surface area contributed by atoms with E-state index in [1.165, 1.54) is 0 Å². The number of benzene rings is 2. The van der Waals surface area contributed by atoms with E-state index < -0.39 is 0 Å². The number of nitrogens with one attached hydrogen (secondary N) is 2. The van der Waals surface area contributed by atoms with Gasteiger partial charge in [0.1, 0.15) is 11.6 Å². The number of ether oxygens (including phenoxy) is 1. The molecular weight excluding hydrogens is 290 g/mol. The number of fused-ring (bicyclic) bond motifs is 1. The Hall–Kier alpha value is -2.82. The molecule has 0 bridgehead atoms. The summed E-state index contributed by atoms with van der Waals surface area (Å²) < 4.78 is 5.51. The molecule has 5 nitrogen and oxygen atoms in total. The summed E-state index contributed by atoms with van der Waals surface area (Å²) in [6, 6.07) is 14.9. The summed E-state index contributed by atoms with van der Waals surface area (Å²) in [6.07, 6.45) is 0.958. The van der Waals surface area contributed by atoms with E-state index in [-0.39, 0.29) is 5.91 Å². The lowest BCUT2D eigenvalue weighted by atomic mass is 10.2. The van der Waals surface area contributed by atoms with Crippen LogP contribution in [0.25, 0.3) is 11.0 Å². The van der Waals surface area contributed by atoms with Crippen LogP contribution >= 0.6 is 0 Å². The molecule has 0 aliphatic carbocycles. The number of hydrogen-bond donors (Lipinski definition) is 2. The molecule has 1 amide bonds. The van der Waals surface area contributed by atoms with Gasteiger partial charge in [-0.3, -0.25) is 4.79 Å². The van der Waals surface area contributed by atoms with Crippen molar-refractivity contribution in [2.45, 2.75) is 19.9 Å². The number of rotatable bonds is 6. The van der Waals surface area contributed by atoms with Crippen LogP contribution in [0.2, 0.25) is 0 Å². The Kier molecular flexibility index (Phi) is 4.57. The summed E-state index contributed by atoms with van der Waals surface area (Å²) in [5.74, 6) is 1.38. The van der Waals surface area contributed by atoms with Crippen LogP contribution in [0.1, 0.15) is 29.5 Å². The van der Waals surface area contributed by atoms with Gasteiger partial charge in [-0.1, -0.05) is 19.1 Å². The molecule has 5 heteroatoms. The average molecular weight is 309 g/mol. The molecule has 0 aliphatic heterocycles. The van der Waals surface area contributed by atoms with Crippen molar-refractivity contribution < 1.29 is 9.53 Å². The molecule has 0 saturated heterocycles. The van der Waals surface area contributed by atoms with Crippen LogP contribution in [0, 0.1) is 0 Å². The van der Waals surface area contributed by atoms with Gasteiger partial charge in [0, 0.05) is 5.56 Å². The number of hydrogen-bond acceptors (Lipinski definition) is 3. The zero-order valence-corrected chi connectivity index (χ0v) is 13.0. The van der Waals surface area contributed by atoms with Crippen molar-refractivity contribution in [3.8, 4) is 5.75 Å². The second-order valence-corrected chi connectivity index (χ2v) is 5.26. The Balaban J connectivity index is 1.60. The molecule has 0 unspecified atom stereocenters. The molecule has 0 saturated carbocycles. The van der Waals surface area contributed by atoms with Crippen molar-refractivity contribution in [1.82, 2.24) is 15.3 Å². The highest BCUT2D eigenvalue weighted by molar-refractivity contribution is 5.94. The SMILES string of the molecule is CCCOc1ccc(C(=O)NCc2nc3ccccc3[nH]2)cc1. The first-order chi connectivity index (χ1) is 11.3. The fourth-order valence-electron chi connectivity index (χ4n) is 2.28. The molecule has 2 aromatic carbocycles. The third-order valence-electron chi connectivity index (χ3n) is 3.44. The standard InChI is InChI=1S/C18H19N3O2/c1-2-11-23-14-9-7-13(8-10-14)18(22)19-12-17-20-15-5-3-4-6-16(15)21-17/h3-10H,2,11-12H2,1H3,(H,19,22)(H,20,21). The predicted octanol–water partition coefficient (Wildman–Crippen LogP) is 3.28. The number of amides is 1. The number of carbonyl (C=O) groups excluding carboxylic acids is 1. The van der Waals surface area contributed by atoms with Gasteiger partial charge in [-0.15, -0.1) is 0 Å². The van der Waals surface area contributed by atoms with Crippen molar-refractivity contribution in [2.24, 2.45) is 0 Å². The van der Waals surface area contributed by atoms with Crippen LogP contribution in [0.5, 0.6) is 5.75 Å². The van der Waals surface area contributed by atoms with Crippen LogP contribution in [0.4, 0.5) is 0 Å². The lowest BCUT2D eigenvalue weighted by molar-refractivity contribution is 0.0950. The number of imidazole rings is 1. The van der Waals surface area contributed by atoms with Crippen molar-refractivity contribution in [2.75, 3.05) is 6.61 Å². The average Bonchev–Trinajstić information content (AvgIpc) is 3.01. The van der Waals surface area contributed by atoms with Crippen molar-refractivity contribution in [3.63, 3.8) is 0 Å². The molecule has 2 N–H and O–H groups in total. The number of carbonyl (C=O) groups is 1. The van der Waals surface area contributed by atoms with Gasteiger partial charge in [0.15, 0.2) is 0 Å². The number of para-hydroxylation sites is 2. The Bertz CT molecular complexity index is 760. The first-order valence-corrected chi connectivity index (χ1v) is 7.71. The summed E-state index contributed by atoms with van der Waals surface area (Å²) in [6.45, 7) is 3.10. The normalized spacial score (nSPS) is 10.7. The first-order valence-electron chi connectivity index (χ1n) is 7.71. The Labute approximate surface area is 134 Å². The molecule has 1 heterocycles. The third-order valence-corrected chi connectivity index (χ3v) is 3.44. The minimum Gasteiger partial charge on any atom is -0.494 e. The fourth-order valence-corrected chi connectivity index (χ4v) is 2.28. The molecule has 0 fully saturated rings. The second kappa shape index (κ2) is 6.96. The van der Waals surface area contributed by atoms with Crippen LogP contribution < -0.4 is 10.1 Å². The minimum atomic E-state index is -0.132. The molecule has 0 atom stereocenters. The fraction of sp³-hybridized carbons (Fsp3) is 0.222. The Morgan fingerprint density at radius 2 is 1.96 bits per heavy atom. The van der Waals surface area contributed by atoms with Gasteiger partial charge in [0.2, 0.25) is 0 Å². The van der Waals surface area contributed by atoms with Crippen LogP contribution in [-0.2, 0) is 6.54 Å². The summed E-state index contributed by atoms with van der Waals surface area (Å²) in [5, 5.41) is 2.87. The van der Waals surface area contributed by atoms with Gasteiger partial charge in [0.05, 0.1) is 24.2 Å². The second-order valence-electron chi connectivity index (χ2n) is 5.26. The van der Waals surface area contributed by atoms with E-state index >= 15 is 0 Å². The quantitative estimate of drug-likeness (QED) is 0.734. The van der Waals surface area contributed by atoms with E-state index in [9.17, 15) is 4.79 Å². The minimum absolute atomic E-state index is 0.132. The van der Waals surface area contributed by atoms with E-state index in [4.69, 9.17) is 4.74 Å². The van der Waals surface area contributed by atoms with Crippen molar-refractivity contribution in [3.05, 3.63) is 59.9 Å². The predicted molar refractivity (Wildman–Crippen MR) is 89.5 cm³/mol. The highest BCUT2D eigenvalue weighted by Gasteiger charge is 2.07. The Morgan fingerprint density at radius 3 is 2.70 bits per heavy atom.